The summed E-state index contributed by atoms with van der Waals surface area (Å²) in [6.45, 7) is 1.98. The lowest BCUT2D eigenvalue weighted by Gasteiger charge is -2.01. The molecule has 0 bridgehead atoms. The number of nitrogens with zero attached hydrogens (tertiary/aromatic N) is 2. The van der Waals surface area contributed by atoms with Gasteiger partial charge in [-0.05, 0) is 24.6 Å². The summed E-state index contributed by atoms with van der Waals surface area (Å²) in [5.41, 5.74) is 7.76. The van der Waals surface area contributed by atoms with E-state index in [9.17, 15) is 0 Å². The number of nitrogens with one attached hydrogen (secondary N) is 1. The van der Waals surface area contributed by atoms with Crippen LogP contribution in [-0.2, 0) is 6.42 Å². The molecule has 3 N–H and O–H groups in total. The van der Waals surface area contributed by atoms with Crippen molar-refractivity contribution >= 4 is 29.3 Å². The highest BCUT2D eigenvalue weighted by Crippen LogP contribution is 2.21. The Labute approximate surface area is 110 Å². The molecule has 3 aromatic rings. The van der Waals surface area contributed by atoms with Gasteiger partial charge in [-0.3, -0.25) is 0 Å². The number of halogens is 1. The first-order valence-corrected chi connectivity index (χ1v) is 5.36. The molecular formula is C12H13ClN4O. The number of hydrogen-bond donors (Lipinski definition) is 2. The summed E-state index contributed by atoms with van der Waals surface area (Å²) < 4.78 is 5.26. The van der Waals surface area contributed by atoms with Gasteiger partial charge in [-0.25, -0.2) is 9.97 Å². The van der Waals surface area contributed by atoms with Crippen molar-refractivity contribution < 1.29 is 4.42 Å². The lowest BCUT2D eigenvalue weighted by Crippen LogP contribution is -2.01. The van der Waals surface area contributed by atoms with E-state index >= 15 is 0 Å². The Bertz CT molecular complexity index is 660. The molecule has 0 unspecified atom stereocenters. The van der Waals surface area contributed by atoms with Crippen molar-refractivity contribution in [1.82, 2.24) is 15.0 Å². The molecule has 5 nitrogen and oxygen atoms in total. The quantitative estimate of drug-likeness (QED) is 0.745. The zero-order valence-electron chi connectivity index (χ0n) is 9.80. The highest BCUT2D eigenvalue weighted by molar-refractivity contribution is 5.89. The Morgan fingerprint density at radius 2 is 2.22 bits per heavy atom. The molecule has 3 rings (SSSR count). The van der Waals surface area contributed by atoms with Crippen LogP contribution in [0.2, 0.25) is 0 Å². The second-order valence-electron chi connectivity index (χ2n) is 3.98. The van der Waals surface area contributed by atoms with Crippen LogP contribution in [0, 0.1) is 6.92 Å². The van der Waals surface area contributed by atoms with Gasteiger partial charge in [-0.15, -0.1) is 12.4 Å². The maximum absolute atomic E-state index is 5.93. The van der Waals surface area contributed by atoms with E-state index in [0.29, 0.717) is 18.1 Å². The maximum Gasteiger partial charge on any atom is 0.143 e. The molecule has 0 fully saturated rings. The topological polar surface area (TPSA) is 80.7 Å². The Morgan fingerprint density at radius 3 is 2.94 bits per heavy atom. The molecule has 18 heavy (non-hydrogen) atoms. The van der Waals surface area contributed by atoms with Crippen molar-refractivity contribution in [2.45, 2.75) is 13.3 Å². The van der Waals surface area contributed by atoms with Crippen molar-refractivity contribution in [3.63, 3.8) is 0 Å². The van der Waals surface area contributed by atoms with Crippen LogP contribution in [-0.4, -0.2) is 15.0 Å². The van der Waals surface area contributed by atoms with E-state index in [-0.39, 0.29) is 12.4 Å². The van der Waals surface area contributed by atoms with Gasteiger partial charge in [0.25, 0.3) is 0 Å². The number of nitrogens with two attached hydrogens (primary N) is 1. The van der Waals surface area contributed by atoms with Gasteiger partial charge in [-0.2, -0.15) is 0 Å². The normalized spacial score (nSPS) is 10.5. The van der Waals surface area contributed by atoms with Crippen molar-refractivity contribution in [2.75, 3.05) is 5.73 Å². The summed E-state index contributed by atoms with van der Waals surface area (Å²) in [6, 6.07) is 3.74. The number of rotatable bonds is 2. The first kappa shape index (κ1) is 12.4. The second-order valence-corrected chi connectivity index (χ2v) is 3.98. The third-order valence-corrected chi connectivity index (χ3v) is 2.72. The van der Waals surface area contributed by atoms with Crippen LogP contribution >= 0.6 is 12.4 Å². The zero-order valence-corrected chi connectivity index (χ0v) is 10.6. The Morgan fingerprint density at radius 1 is 1.39 bits per heavy atom. The number of aryl methyl sites for hydroxylation is 1. The zero-order chi connectivity index (χ0) is 11.8. The van der Waals surface area contributed by atoms with Gasteiger partial charge in [0.2, 0.25) is 0 Å². The third-order valence-electron chi connectivity index (χ3n) is 2.72. The molecule has 0 saturated heterocycles. The fourth-order valence-corrected chi connectivity index (χ4v) is 1.92. The highest BCUT2D eigenvalue weighted by Gasteiger charge is 2.10. The SMILES string of the molecule is Cc1c[nH]c2nc(Cc3ccco3)nc(N)c12.Cl. The number of H-pyrrole nitrogens is 1. The van der Waals surface area contributed by atoms with Gasteiger partial charge in [0.15, 0.2) is 0 Å². The molecule has 0 aliphatic rings. The number of nitrogen functional groups attached to an aromatic ring is 1. The number of hydrogen-bond acceptors (Lipinski definition) is 4. The number of anilines is 1. The number of fused-ring (bicyclic) bond motifs is 1. The fraction of sp³-hybridized carbons (Fsp3) is 0.167. The van der Waals surface area contributed by atoms with Crippen LogP contribution in [0.1, 0.15) is 17.1 Å². The molecular weight excluding hydrogens is 252 g/mol. The Kier molecular flexibility index (Phi) is 3.25. The Hall–Kier alpha value is -2.01. The van der Waals surface area contributed by atoms with E-state index in [4.69, 9.17) is 10.2 Å². The minimum atomic E-state index is 0. The fourth-order valence-electron chi connectivity index (χ4n) is 1.92. The molecule has 0 spiro atoms. The standard InChI is InChI=1S/C12H12N4O.ClH/c1-7-6-14-12-10(7)11(13)15-9(16-12)5-8-3-2-4-17-8;/h2-4,6H,5H2,1H3,(H3,13,14,15,16);1H. The average Bonchev–Trinajstić information content (AvgIpc) is 2.89. The molecule has 0 saturated carbocycles. The summed E-state index contributed by atoms with van der Waals surface area (Å²) in [7, 11) is 0. The summed E-state index contributed by atoms with van der Waals surface area (Å²) in [5, 5.41) is 0.896. The highest BCUT2D eigenvalue weighted by atomic mass is 35.5. The van der Waals surface area contributed by atoms with Crippen molar-refractivity contribution in [3.05, 3.63) is 41.7 Å². The molecule has 0 atom stereocenters. The molecule has 0 aliphatic heterocycles. The van der Waals surface area contributed by atoms with Gasteiger partial charge < -0.3 is 15.1 Å². The second kappa shape index (κ2) is 4.70. The molecule has 94 valence electrons. The smallest absolute Gasteiger partial charge is 0.143 e. The van der Waals surface area contributed by atoms with Crippen LogP contribution in [0.3, 0.4) is 0 Å². The third kappa shape index (κ3) is 2.04. The molecule has 0 radical (unpaired) electrons. The summed E-state index contributed by atoms with van der Waals surface area (Å²) in [6.07, 6.45) is 4.06. The van der Waals surface area contributed by atoms with E-state index in [2.05, 4.69) is 15.0 Å². The van der Waals surface area contributed by atoms with Crippen molar-refractivity contribution in [3.8, 4) is 0 Å². The predicted octanol–water partition coefficient (Wildman–Crippen LogP) is 2.45. The lowest BCUT2D eigenvalue weighted by atomic mass is 10.2. The largest absolute Gasteiger partial charge is 0.469 e. The van der Waals surface area contributed by atoms with Crippen LogP contribution in [0.5, 0.6) is 0 Å². The van der Waals surface area contributed by atoms with Crippen LogP contribution in [0.4, 0.5) is 5.82 Å². The van der Waals surface area contributed by atoms with Gasteiger partial charge in [0, 0.05) is 6.20 Å². The number of aromatic nitrogens is 3. The van der Waals surface area contributed by atoms with Crippen LogP contribution in [0.25, 0.3) is 11.0 Å². The van der Waals surface area contributed by atoms with E-state index in [0.717, 1.165) is 22.4 Å². The van der Waals surface area contributed by atoms with Crippen LogP contribution < -0.4 is 5.73 Å². The molecule has 0 aliphatic carbocycles. The minimum absolute atomic E-state index is 0. The molecule has 3 aromatic heterocycles. The molecule has 0 amide bonds. The summed E-state index contributed by atoms with van der Waals surface area (Å²) in [5.74, 6) is 1.99. The maximum atomic E-state index is 5.93. The number of aromatic amines is 1. The van der Waals surface area contributed by atoms with E-state index in [1.54, 1.807) is 6.26 Å². The summed E-state index contributed by atoms with van der Waals surface area (Å²) in [4.78, 5) is 11.8. The van der Waals surface area contributed by atoms with E-state index in [1.807, 2.05) is 25.3 Å². The first-order chi connectivity index (χ1) is 8.24. The van der Waals surface area contributed by atoms with Gasteiger partial charge in [-0.1, -0.05) is 0 Å². The van der Waals surface area contributed by atoms with Crippen molar-refractivity contribution in [2.24, 2.45) is 0 Å². The number of furan rings is 1. The predicted molar refractivity (Wildman–Crippen MR) is 71.8 cm³/mol. The first-order valence-electron chi connectivity index (χ1n) is 5.36. The van der Waals surface area contributed by atoms with E-state index in [1.165, 1.54) is 0 Å². The van der Waals surface area contributed by atoms with E-state index < -0.39 is 0 Å². The average molecular weight is 265 g/mol. The monoisotopic (exact) mass is 264 g/mol. The lowest BCUT2D eigenvalue weighted by molar-refractivity contribution is 0.517. The van der Waals surface area contributed by atoms with Crippen LogP contribution in [0.15, 0.2) is 29.0 Å². The van der Waals surface area contributed by atoms with Gasteiger partial charge in [0.1, 0.15) is 23.0 Å². The van der Waals surface area contributed by atoms with Gasteiger partial charge in [0.05, 0.1) is 18.1 Å². The molecule has 0 aromatic carbocycles. The minimum Gasteiger partial charge on any atom is -0.469 e. The van der Waals surface area contributed by atoms with Crippen molar-refractivity contribution in [1.29, 1.82) is 0 Å². The molecule has 3 heterocycles. The van der Waals surface area contributed by atoms with Gasteiger partial charge >= 0.3 is 0 Å². The Balaban J connectivity index is 0.00000120. The summed E-state index contributed by atoms with van der Waals surface area (Å²) >= 11 is 0. The molecule has 6 heteroatoms.